The Kier molecular flexibility index (Phi) is 7.45. The van der Waals surface area contributed by atoms with Crippen LogP contribution in [0.2, 0.25) is 0 Å². The number of rotatable bonds is 7. The molecule has 0 aromatic heterocycles. The average Bonchev–Trinajstić information content (AvgIpc) is 2.03. The summed E-state index contributed by atoms with van der Waals surface area (Å²) in [5.74, 6) is 0.801. The second kappa shape index (κ2) is 7.53. The van der Waals surface area contributed by atoms with Crippen LogP contribution in [0.25, 0.3) is 0 Å². The summed E-state index contributed by atoms with van der Waals surface area (Å²) in [5, 5.41) is 3.29. The van der Waals surface area contributed by atoms with Gasteiger partial charge in [0.05, 0.1) is 0 Å². The zero-order valence-corrected chi connectivity index (χ0v) is 8.34. The minimum Gasteiger partial charge on any atom is -0.329 e. The fourth-order valence-corrected chi connectivity index (χ4v) is 1.01. The fraction of sp³-hybridized carbons (Fsp3) is 1.00. The maximum absolute atomic E-state index is 5.63. The summed E-state index contributed by atoms with van der Waals surface area (Å²) in [5.41, 5.74) is 11.0. The second-order valence-corrected chi connectivity index (χ2v) is 3.74. The van der Waals surface area contributed by atoms with Gasteiger partial charge in [-0.05, 0) is 25.3 Å². The first-order chi connectivity index (χ1) is 5.66. The Labute approximate surface area is 75.9 Å². The Morgan fingerprint density at radius 2 is 2.00 bits per heavy atom. The van der Waals surface area contributed by atoms with Crippen molar-refractivity contribution in [3.8, 4) is 0 Å². The molecule has 0 aliphatic carbocycles. The minimum atomic E-state index is 0.115. The molecule has 0 aromatic rings. The molecule has 0 heterocycles. The highest BCUT2D eigenvalue weighted by Gasteiger charge is 1.97. The molecule has 0 saturated carbocycles. The van der Waals surface area contributed by atoms with E-state index >= 15 is 0 Å². The van der Waals surface area contributed by atoms with Crippen LogP contribution in [0.15, 0.2) is 0 Å². The van der Waals surface area contributed by atoms with Crippen LogP contribution in [0, 0.1) is 5.92 Å². The monoisotopic (exact) mass is 173 g/mol. The molecule has 0 bridgehead atoms. The standard InChI is InChI=1S/C9H23N3/c1-8(2)4-3-5-12-7-9(11)6-10/h8-9,12H,3-7,10-11H2,1-2H3. The summed E-state index contributed by atoms with van der Waals surface area (Å²) in [6, 6.07) is 0.115. The van der Waals surface area contributed by atoms with E-state index in [0.717, 1.165) is 19.0 Å². The smallest absolute Gasteiger partial charge is 0.0290 e. The van der Waals surface area contributed by atoms with E-state index in [4.69, 9.17) is 11.5 Å². The Hall–Kier alpha value is -0.120. The van der Waals surface area contributed by atoms with Gasteiger partial charge in [-0.1, -0.05) is 13.8 Å². The van der Waals surface area contributed by atoms with E-state index in [2.05, 4.69) is 19.2 Å². The zero-order chi connectivity index (χ0) is 9.40. The third-order valence-electron chi connectivity index (χ3n) is 1.84. The molecule has 12 heavy (non-hydrogen) atoms. The average molecular weight is 173 g/mol. The molecule has 3 heteroatoms. The lowest BCUT2D eigenvalue weighted by Crippen LogP contribution is -2.39. The summed E-state index contributed by atoms with van der Waals surface area (Å²) in [6.45, 7) is 6.95. The summed E-state index contributed by atoms with van der Waals surface area (Å²) >= 11 is 0. The first-order valence-corrected chi connectivity index (χ1v) is 4.83. The van der Waals surface area contributed by atoms with Crippen LogP contribution < -0.4 is 16.8 Å². The molecule has 0 aliphatic rings. The zero-order valence-electron chi connectivity index (χ0n) is 8.34. The number of nitrogens with two attached hydrogens (primary N) is 2. The normalized spacial score (nSPS) is 13.8. The highest BCUT2D eigenvalue weighted by atomic mass is 14.9. The molecule has 1 atom stereocenters. The SMILES string of the molecule is CC(C)CCCNCC(N)CN. The topological polar surface area (TPSA) is 64.1 Å². The van der Waals surface area contributed by atoms with Gasteiger partial charge in [0.2, 0.25) is 0 Å². The summed E-state index contributed by atoms with van der Waals surface area (Å²) in [4.78, 5) is 0. The van der Waals surface area contributed by atoms with Gasteiger partial charge in [-0.15, -0.1) is 0 Å². The lowest BCUT2D eigenvalue weighted by molar-refractivity contribution is 0.510. The largest absolute Gasteiger partial charge is 0.329 e. The number of nitrogens with one attached hydrogen (secondary N) is 1. The summed E-state index contributed by atoms with van der Waals surface area (Å²) in [6.07, 6.45) is 2.51. The fourth-order valence-electron chi connectivity index (χ4n) is 1.01. The van der Waals surface area contributed by atoms with E-state index in [0.29, 0.717) is 6.54 Å². The molecular weight excluding hydrogens is 150 g/mol. The Balaban J connectivity index is 3.00. The van der Waals surface area contributed by atoms with Gasteiger partial charge in [-0.25, -0.2) is 0 Å². The lowest BCUT2D eigenvalue weighted by atomic mass is 10.1. The van der Waals surface area contributed by atoms with Crippen molar-refractivity contribution in [1.29, 1.82) is 0 Å². The van der Waals surface area contributed by atoms with Crippen LogP contribution in [0.3, 0.4) is 0 Å². The van der Waals surface area contributed by atoms with Crippen LogP contribution in [-0.2, 0) is 0 Å². The summed E-state index contributed by atoms with van der Waals surface area (Å²) < 4.78 is 0. The molecule has 0 radical (unpaired) electrons. The molecule has 74 valence electrons. The van der Waals surface area contributed by atoms with Gasteiger partial charge >= 0.3 is 0 Å². The van der Waals surface area contributed by atoms with Crippen molar-refractivity contribution in [2.24, 2.45) is 17.4 Å². The molecule has 0 rings (SSSR count). The van der Waals surface area contributed by atoms with Crippen molar-refractivity contribution < 1.29 is 0 Å². The first-order valence-electron chi connectivity index (χ1n) is 4.83. The molecule has 0 fully saturated rings. The van der Waals surface area contributed by atoms with Crippen molar-refractivity contribution in [1.82, 2.24) is 5.32 Å². The Morgan fingerprint density at radius 1 is 1.33 bits per heavy atom. The van der Waals surface area contributed by atoms with Crippen molar-refractivity contribution in [2.45, 2.75) is 32.7 Å². The van der Waals surface area contributed by atoms with Crippen molar-refractivity contribution >= 4 is 0 Å². The predicted molar refractivity (Wildman–Crippen MR) is 54.0 cm³/mol. The van der Waals surface area contributed by atoms with Gasteiger partial charge in [0, 0.05) is 19.1 Å². The Morgan fingerprint density at radius 3 is 2.50 bits per heavy atom. The van der Waals surface area contributed by atoms with Gasteiger partial charge in [0.15, 0.2) is 0 Å². The van der Waals surface area contributed by atoms with Gasteiger partial charge in [0.1, 0.15) is 0 Å². The van der Waals surface area contributed by atoms with E-state index < -0.39 is 0 Å². The van der Waals surface area contributed by atoms with Crippen molar-refractivity contribution in [3.63, 3.8) is 0 Å². The van der Waals surface area contributed by atoms with E-state index in [1.165, 1.54) is 12.8 Å². The van der Waals surface area contributed by atoms with Crippen LogP contribution >= 0.6 is 0 Å². The highest BCUT2D eigenvalue weighted by molar-refractivity contribution is 4.64. The molecule has 0 amide bonds. The second-order valence-electron chi connectivity index (χ2n) is 3.74. The number of hydrogen-bond acceptors (Lipinski definition) is 3. The molecule has 0 aromatic carbocycles. The van der Waals surface area contributed by atoms with Crippen LogP contribution in [-0.4, -0.2) is 25.7 Å². The molecule has 0 aliphatic heterocycles. The molecule has 0 saturated heterocycles. The molecule has 3 nitrogen and oxygen atoms in total. The van der Waals surface area contributed by atoms with Gasteiger partial charge < -0.3 is 16.8 Å². The maximum atomic E-state index is 5.63. The van der Waals surface area contributed by atoms with Gasteiger partial charge in [-0.2, -0.15) is 0 Å². The van der Waals surface area contributed by atoms with Crippen molar-refractivity contribution in [3.05, 3.63) is 0 Å². The van der Waals surface area contributed by atoms with Crippen LogP contribution in [0.5, 0.6) is 0 Å². The quantitative estimate of drug-likeness (QED) is 0.485. The molecule has 1 unspecified atom stereocenters. The predicted octanol–water partition coefficient (Wildman–Crippen LogP) is 0.298. The minimum absolute atomic E-state index is 0.115. The number of hydrogen-bond donors (Lipinski definition) is 3. The van der Waals surface area contributed by atoms with E-state index in [1.54, 1.807) is 0 Å². The van der Waals surface area contributed by atoms with Crippen LogP contribution in [0.4, 0.5) is 0 Å². The maximum Gasteiger partial charge on any atom is 0.0290 e. The molecular formula is C9H23N3. The third-order valence-corrected chi connectivity index (χ3v) is 1.84. The summed E-state index contributed by atoms with van der Waals surface area (Å²) in [7, 11) is 0. The molecule has 5 N–H and O–H groups in total. The van der Waals surface area contributed by atoms with Crippen LogP contribution in [0.1, 0.15) is 26.7 Å². The van der Waals surface area contributed by atoms with Crippen molar-refractivity contribution in [2.75, 3.05) is 19.6 Å². The molecule has 0 spiro atoms. The van der Waals surface area contributed by atoms with E-state index in [9.17, 15) is 0 Å². The highest BCUT2D eigenvalue weighted by Crippen LogP contribution is 2.01. The van der Waals surface area contributed by atoms with E-state index in [-0.39, 0.29) is 6.04 Å². The first kappa shape index (κ1) is 11.9. The third kappa shape index (κ3) is 7.98. The van der Waals surface area contributed by atoms with Gasteiger partial charge in [0.25, 0.3) is 0 Å². The van der Waals surface area contributed by atoms with Gasteiger partial charge in [-0.3, -0.25) is 0 Å². The lowest BCUT2D eigenvalue weighted by Gasteiger charge is -2.10. The van der Waals surface area contributed by atoms with E-state index in [1.807, 2.05) is 0 Å². The Bertz CT molecular complexity index is 93.8.